The van der Waals surface area contributed by atoms with Crippen molar-refractivity contribution in [2.75, 3.05) is 6.61 Å². The van der Waals surface area contributed by atoms with Gasteiger partial charge in [0.25, 0.3) is 0 Å². The van der Waals surface area contributed by atoms with Gasteiger partial charge in [-0.2, -0.15) is 0 Å². The van der Waals surface area contributed by atoms with Gasteiger partial charge in [-0.15, -0.1) is 0 Å². The first kappa shape index (κ1) is 30.1. The second-order valence-corrected chi connectivity index (χ2v) is 9.22. The van der Waals surface area contributed by atoms with Crippen molar-refractivity contribution in [3.8, 4) is 11.5 Å². The molecule has 3 amide bonds. The first-order valence-corrected chi connectivity index (χ1v) is 12.0. The van der Waals surface area contributed by atoms with Crippen LogP contribution in [0.4, 0.5) is 0 Å². The number of aliphatic carboxylic acids is 1. The molecule has 0 fully saturated rings. The van der Waals surface area contributed by atoms with E-state index in [1.807, 2.05) is 0 Å². The van der Waals surface area contributed by atoms with E-state index in [9.17, 15) is 34.5 Å². The van der Waals surface area contributed by atoms with Crippen molar-refractivity contribution in [2.45, 2.75) is 50.9 Å². The zero-order valence-electron chi connectivity index (χ0n) is 21.1. The molecule has 0 saturated heterocycles. The number of nitrogens with one attached hydrogen (secondary N) is 3. The van der Waals surface area contributed by atoms with Crippen LogP contribution in [-0.4, -0.2) is 74.9 Å². The number of carboxylic acid groups (broad SMARTS) is 1. The highest BCUT2D eigenvalue weighted by Crippen LogP contribution is 2.14. The molecule has 0 aliphatic carbocycles. The Morgan fingerprint density at radius 2 is 1.21 bits per heavy atom. The molecule has 9 N–H and O–H groups in total. The molecule has 4 unspecified atom stereocenters. The predicted molar refractivity (Wildman–Crippen MR) is 137 cm³/mol. The lowest BCUT2D eigenvalue weighted by atomic mass is 10.00. The largest absolute Gasteiger partial charge is 0.508 e. The average molecular weight is 531 g/mol. The molecule has 12 nitrogen and oxygen atoms in total. The summed E-state index contributed by atoms with van der Waals surface area (Å²) in [6, 6.07) is 7.24. The summed E-state index contributed by atoms with van der Waals surface area (Å²) in [5, 5.41) is 44.7. The molecule has 0 spiro atoms. The van der Waals surface area contributed by atoms with Crippen molar-refractivity contribution < 1.29 is 39.6 Å². The topological polar surface area (TPSA) is 211 Å². The molecule has 0 aliphatic rings. The molecular formula is C26H34N4O8. The van der Waals surface area contributed by atoms with Gasteiger partial charge in [-0.3, -0.25) is 14.4 Å². The number of aliphatic hydroxyl groups excluding tert-OH is 1. The Hall–Kier alpha value is -4.16. The molecule has 0 heterocycles. The van der Waals surface area contributed by atoms with Crippen molar-refractivity contribution in [2.24, 2.45) is 11.7 Å². The Kier molecular flexibility index (Phi) is 11.0. The monoisotopic (exact) mass is 530 g/mol. The van der Waals surface area contributed by atoms with Crippen LogP contribution >= 0.6 is 0 Å². The van der Waals surface area contributed by atoms with E-state index in [1.165, 1.54) is 24.3 Å². The summed E-state index contributed by atoms with van der Waals surface area (Å²) >= 11 is 0. The number of hydrogen-bond donors (Lipinski definition) is 8. The van der Waals surface area contributed by atoms with Crippen LogP contribution in [0, 0.1) is 5.92 Å². The molecule has 4 atom stereocenters. The van der Waals surface area contributed by atoms with Gasteiger partial charge in [0.2, 0.25) is 17.7 Å². The first-order valence-electron chi connectivity index (χ1n) is 12.0. The van der Waals surface area contributed by atoms with Crippen molar-refractivity contribution in [3.05, 3.63) is 59.7 Å². The van der Waals surface area contributed by atoms with Crippen LogP contribution in [0.1, 0.15) is 25.0 Å². The third-order valence-electron chi connectivity index (χ3n) is 5.78. The average Bonchev–Trinajstić information content (AvgIpc) is 2.87. The van der Waals surface area contributed by atoms with Crippen LogP contribution in [0.15, 0.2) is 48.5 Å². The second-order valence-electron chi connectivity index (χ2n) is 9.22. The van der Waals surface area contributed by atoms with Crippen molar-refractivity contribution in [1.82, 2.24) is 16.0 Å². The van der Waals surface area contributed by atoms with E-state index >= 15 is 0 Å². The first-order chi connectivity index (χ1) is 17.9. The number of phenolic OH excluding ortho intramolecular Hbond substituents is 2. The fraction of sp³-hybridized carbons (Fsp3) is 0.385. The molecule has 38 heavy (non-hydrogen) atoms. The van der Waals surface area contributed by atoms with E-state index in [0.29, 0.717) is 11.1 Å². The van der Waals surface area contributed by atoms with Crippen molar-refractivity contribution in [1.29, 1.82) is 0 Å². The number of carbonyl (C=O) groups excluding carboxylic acids is 3. The van der Waals surface area contributed by atoms with E-state index < -0.39 is 60.4 Å². The maximum atomic E-state index is 13.3. The van der Waals surface area contributed by atoms with E-state index in [1.54, 1.807) is 38.1 Å². The molecule has 0 radical (unpaired) electrons. The summed E-state index contributed by atoms with van der Waals surface area (Å²) in [6.07, 6.45) is 0.138. The highest BCUT2D eigenvalue weighted by molar-refractivity contribution is 5.94. The summed E-state index contributed by atoms with van der Waals surface area (Å²) in [6.45, 7) is 2.44. The molecular weight excluding hydrogens is 496 g/mol. The third-order valence-corrected chi connectivity index (χ3v) is 5.78. The summed E-state index contributed by atoms with van der Waals surface area (Å²) in [7, 11) is 0. The summed E-state index contributed by atoms with van der Waals surface area (Å²) in [4.78, 5) is 50.1. The molecule has 0 bridgehead atoms. The van der Waals surface area contributed by atoms with Gasteiger partial charge in [-0.05, 0) is 47.7 Å². The number of nitrogens with two attached hydrogens (primary N) is 1. The molecule has 0 aromatic heterocycles. The fourth-order valence-corrected chi connectivity index (χ4v) is 3.57. The summed E-state index contributed by atoms with van der Waals surface area (Å²) in [5.74, 6) is -3.98. The minimum atomic E-state index is -1.55. The number of carbonyl (C=O) groups is 4. The van der Waals surface area contributed by atoms with Gasteiger partial charge < -0.3 is 42.1 Å². The zero-order valence-corrected chi connectivity index (χ0v) is 21.1. The Bertz CT molecular complexity index is 1110. The van der Waals surface area contributed by atoms with Gasteiger partial charge in [0.15, 0.2) is 0 Å². The van der Waals surface area contributed by atoms with E-state index in [-0.39, 0.29) is 24.3 Å². The van der Waals surface area contributed by atoms with Crippen molar-refractivity contribution >= 4 is 23.7 Å². The molecule has 206 valence electrons. The lowest BCUT2D eigenvalue weighted by Crippen LogP contribution is -2.59. The smallest absolute Gasteiger partial charge is 0.328 e. The third kappa shape index (κ3) is 9.05. The highest BCUT2D eigenvalue weighted by atomic mass is 16.4. The molecule has 2 rings (SSSR count). The lowest BCUT2D eigenvalue weighted by Gasteiger charge is -2.27. The van der Waals surface area contributed by atoms with Gasteiger partial charge in [-0.25, -0.2) is 4.79 Å². The van der Waals surface area contributed by atoms with Gasteiger partial charge in [0.1, 0.15) is 29.6 Å². The Morgan fingerprint density at radius 1 is 0.737 bits per heavy atom. The fourth-order valence-electron chi connectivity index (χ4n) is 3.57. The number of hydrogen-bond acceptors (Lipinski definition) is 8. The lowest BCUT2D eigenvalue weighted by molar-refractivity contribution is -0.143. The predicted octanol–water partition coefficient (Wildman–Crippen LogP) is -0.602. The number of rotatable bonds is 13. The Labute approximate surface area is 219 Å². The SMILES string of the molecule is CC(C)C(NC(=O)C(Cc1ccc(O)cc1)NC(=O)C(N)Cc1ccc(O)cc1)C(=O)NC(CO)C(=O)O. The van der Waals surface area contributed by atoms with Crippen LogP contribution in [0.2, 0.25) is 0 Å². The van der Waals surface area contributed by atoms with Gasteiger partial charge in [-0.1, -0.05) is 38.1 Å². The summed E-state index contributed by atoms with van der Waals surface area (Å²) in [5.41, 5.74) is 7.36. The number of phenols is 2. The second kappa shape index (κ2) is 14.0. The zero-order chi connectivity index (χ0) is 28.4. The number of amides is 3. The molecule has 0 saturated carbocycles. The van der Waals surface area contributed by atoms with E-state index in [0.717, 1.165) is 0 Å². The van der Waals surface area contributed by atoms with Crippen LogP contribution in [0.3, 0.4) is 0 Å². The number of aliphatic hydroxyl groups is 1. The maximum Gasteiger partial charge on any atom is 0.328 e. The van der Waals surface area contributed by atoms with Crippen LogP contribution in [-0.2, 0) is 32.0 Å². The molecule has 12 heteroatoms. The van der Waals surface area contributed by atoms with Gasteiger partial charge in [0.05, 0.1) is 12.6 Å². The minimum Gasteiger partial charge on any atom is -0.508 e. The quantitative estimate of drug-likeness (QED) is 0.166. The summed E-state index contributed by atoms with van der Waals surface area (Å²) < 4.78 is 0. The van der Waals surface area contributed by atoms with E-state index in [4.69, 9.17) is 10.8 Å². The number of benzene rings is 2. The van der Waals surface area contributed by atoms with Gasteiger partial charge in [0, 0.05) is 6.42 Å². The molecule has 2 aromatic rings. The van der Waals surface area contributed by atoms with Crippen LogP contribution in [0.5, 0.6) is 11.5 Å². The highest BCUT2D eigenvalue weighted by Gasteiger charge is 2.32. The normalized spacial score (nSPS) is 14.1. The molecule has 2 aromatic carbocycles. The number of carboxylic acids is 1. The van der Waals surface area contributed by atoms with Crippen LogP contribution < -0.4 is 21.7 Å². The maximum absolute atomic E-state index is 13.3. The van der Waals surface area contributed by atoms with Crippen LogP contribution in [0.25, 0.3) is 0 Å². The standard InChI is InChI=1S/C26H34N4O8/c1-14(2)22(25(36)29-21(13-31)26(37)38)30-24(35)20(12-16-5-9-18(33)10-6-16)28-23(34)19(27)11-15-3-7-17(32)8-4-15/h3-10,14,19-22,31-33H,11-13,27H2,1-2H3,(H,28,34)(H,29,36)(H,30,35)(H,37,38). The molecule has 0 aliphatic heterocycles. The Morgan fingerprint density at radius 3 is 1.66 bits per heavy atom. The minimum absolute atomic E-state index is 0.00457. The Balaban J connectivity index is 2.21. The van der Waals surface area contributed by atoms with Gasteiger partial charge >= 0.3 is 5.97 Å². The van der Waals surface area contributed by atoms with Crippen molar-refractivity contribution in [3.63, 3.8) is 0 Å². The van der Waals surface area contributed by atoms with E-state index in [2.05, 4.69) is 16.0 Å². The number of aromatic hydroxyl groups is 2.